The van der Waals surface area contributed by atoms with Crippen molar-refractivity contribution in [3.8, 4) is 0 Å². The summed E-state index contributed by atoms with van der Waals surface area (Å²) in [4.78, 5) is 17.0. The number of nitrogens with two attached hydrogens (primary N) is 1. The van der Waals surface area contributed by atoms with E-state index >= 15 is 0 Å². The van der Waals surface area contributed by atoms with Crippen LogP contribution in [0.15, 0.2) is 12.3 Å². The van der Waals surface area contributed by atoms with Crippen molar-refractivity contribution in [1.82, 2.24) is 4.98 Å². The number of anilines is 1. The smallest absolute Gasteiger partial charge is 0.287 e. The monoisotopic (exact) mass is 276 g/mol. The molecule has 6 nitrogen and oxygen atoms in total. The third kappa shape index (κ3) is 2.35. The van der Waals surface area contributed by atoms with Crippen molar-refractivity contribution in [1.29, 1.82) is 0 Å². The van der Waals surface area contributed by atoms with Crippen LogP contribution < -0.4 is 10.6 Å². The zero-order valence-corrected chi connectivity index (χ0v) is 11.7. The lowest BCUT2D eigenvalue weighted by molar-refractivity contribution is -0.385. The fourth-order valence-electron chi connectivity index (χ4n) is 3.62. The molecule has 0 bridgehead atoms. The van der Waals surface area contributed by atoms with E-state index in [1.165, 1.54) is 12.6 Å². The molecule has 0 amide bonds. The highest BCUT2D eigenvalue weighted by molar-refractivity contribution is 5.51. The average Bonchev–Trinajstić information content (AvgIpc) is 2.80. The first-order valence-corrected chi connectivity index (χ1v) is 7.16. The summed E-state index contributed by atoms with van der Waals surface area (Å²) >= 11 is 0. The number of aromatic nitrogens is 1. The molecule has 1 saturated carbocycles. The summed E-state index contributed by atoms with van der Waals surface area (Å²) in [5, 5.41) is 10.8. The Balaban J connectivity index is 1.79. The van der Waals surface area contributed by atoms with Gasteiger partial charge in [-0.3, -0.25) is 10.1 Å². The standard InChI is InChI=1S/C14H20N4O2/c1-9-4-13(18(19)20)6-16-14(9)17-7-10-2-3-12(15)5-11(10)8-17/h4,6,10-12H,2-3,5,7-8,15H2,1H3/t10-,11+,12?/m1/s1. The van der Waals surface area contributed by atoms with Gasteiger partial charge in [0.25, 0.3) is 5.69 Å². The summed E-state index contributed by atoms with van der Waals surface area (Å²) in [5.41, 5.74) is 6.99. The predicted molar refractivity (Wildman–Crippen MR) is 76.6 cm³/mol. The van der Waals surface area contributed by atoms with Crippen LogP contribution in [0.2, 0.25) is 0 Å². The van der Waals surface area contributed by atoms with E-state index < -0.39 is 4.92 Å². The van der Waals surface area contributed by atoms with Crippen LogP contribution in [0.3, 0.4) is 0 Å². The van der Waals surface area contributed by atoms with Gasteiger partial charge in [0.05, 0.1) is 4.92 Å². The largest absolute Gasteiger partial charge is 0.356 e. The summed E-state index contributed by atoms with van der Waals surface area (Å²) in [6.07, 6.45) is 4.75. The third-order valence-electron chi connectivity index (χ3n) is 4.64. The number of hydrogen-bond donors (Lipinski definition) is 1. The molecule has 1 aliphatic heterocycles. The Morgan fingerprint density at radius 3 is 2.85 bits per heavy atom. The highest BCUT2D eigenvalue weighted by Crippen LogP contribution is 2.38. The van der Waals surface area contributed by atoms with Gasteiger partial charge in [-0.1, -0.05) is 0 Å². The van der Waals surface area contributed by atoms with Gasteiger partial charge in [0.2, 0.25) is 0 Å². The number of rotatable bonds is 2. The molecule has 0 radical (unpaired) electrons. The lowest BCUT2D eigenvalue weighted by atomic mass is 9.79. The van der Waals surface area contributed by atoms with Gasteiger partial charge in [-0.05, 0) is 43.6 Å². The number of nitrogens with zero attached hydrogens (tertiary/aromatic N) is 3. The van der Waals surface area contributed by atoms with Gasteiger partial charge >= 0.3 is 0 Å². The summed E-state index contributed by atoms with van der Waals surface area (Å²) in [7, 11) is 0. The zero-order chi connectivity index (χ0) is 14.3. The Kier molecular flexibility index (Phi) is 3.33. The van der Waals surface area contributed by atoms with Crippen molar-refractivity contribution in [2.24, 2.45) is 17.6 Å². The van der Waals surface area contributed by atoms with Gasteiger partial charge < -0.3 is 10.6 Å². The maximum atomic E-state index is 10.8. The maximum Gasteiger partial charge on any atom is 0.287 e. The van der Waals surface area contributed by atoms with Gasteiger partial charge in [0.1, 0.15) is 12.0 Å². The van der Waals surface area contributed by atoms with Crippen LogP contribution in [0, 0.1) is 28.9 Å². The molecule has 1 unspecified atom stereocenters. The Bertz CT molecular complexity index is 534. The van der Waals surface area contributed by atoms with Crippen LogP contribution in [0.5, 0.6) is 0 Å². The van der Waals surface area contributed by atoms with Crippen LogP contribution >= 0.6 is 0 Å². The molecular weight excluding hydrogens is 256 g/mol. The maximum absolute atomic E-state index is 10.8. The first kappa shape index (κ1) is 13.3. The number of fused-ring (bicyclic) bond motifs is 1. The molecule has 108 valence electrons. The quantitative estimate of drug-likeness (QED) is 0.658. The van der Waals surface area contributed by atoms with Crippen LogP contribution in [0.25, 0.3) is 0 Å². The zero-order valence-electron chi connectivity index (χ0n) is 11.7. The van der Waals surface area contributed by atoms with E-state index in [0.29, 0.717) is 17.9 Å². The van der Waals surface area contributed by atoms with E-state index in [2.05, 4.69) is 9.88 Å². The van der Waals surface area contributed by atoms with Gasteiger partial charge in [-0.15, -0.1) is 0 Å². The minimum atomic E-state index is -0.396. The van der Waals surface area contributed by atoms with E-state index in [4.69, 9.17) is 5.73 Å². The SMILES string of the molecule is Cc1cc([N+](=O)[O-])cnc1N1C[C@H]2CCC(N)C[C@H]2C1. The Morgan fingerprint density at radius 2 is 2.15 bits per heavy atom. The Morgan fingerprint density at radius 1 is 1.40 bits per heavy atom. The molecule has 20 heavy (non-hydrogen) atoms. The molecule has 3 rings (SSSR count). The fraction of sp³-hybridized carbons (Fsp3) is 0.643. The van der Waals surface area contributed by atoms with Crippen molar-refractivity contribution in [2.45, 2.75) is 32.2 Å². The number of nitro groups is 1. The predicted octanol–water partition coefficient (Wildman–Crippen LogP) is 1.86. The normalized spacial score (nSPS) is 29.3. The number of pyridine rings is 1. The van der Waals surface area contributed by atoms with Gasteiger partial charge in [-0.25, -0.2) is 4.98 Å². The lowest BCUT2D eigenvalue weighted by Gasteiger charge is -2.27. The minimum absolute atomic E-state index is 0.0601. The van der Waals surface area contributed by atoms with Crippen molar-refractivity contribution in [3.05, 3.63) is 27.9 Å². The molecule has 2 heterocycles. The summed E-state index contributed by atoms with van der Waals surface area (Å²) in [6.45, 7) is 3.87. The Labute approximate surface area is 118 Å². The van der Waals surface area contributed by atoms with Crippen LogP contribution in [-0.4, -0.2) is 29.0 Å². The van der Waals surface area contributed by atoms with Crippen molar-refractivity contribution < 1.29 is 4.92 Å². The van der Waals surface area contributed by atoms with Crippen LogP contribution in [-0.2, 0) is 0 Å². The van der Waals surface area contributed by atoms with E-state index in [0.717, 1.165) is 37.3 Å². The second kappa shape index (κ2) is 5.01. The summed E-state index contributed by atoms with van der Waals surface area (Å²) in [5.74, 6) is 2.24. The van der Waals surface area contributed by atoms with Crippen molar-refractivity contribution in [2.75, 3.05) is 18.0 Å². The summed E-state index contributed by atoms with van der Waals surface area (Å²) in [6, 6.07) is 1.94. The van der Waals surface area contributed by atoms with Gasteiger partial charge in [-0.2, -0.15) is 0 Å². The van der Waals surface area contributed by atoms with Crippen molar-refractivity contribution in [3.63, 3.8) is 0 Å². The second-order valence-corrected chi connectivity index (χ2v) is 6.09. The minimum Gasteiger partial charge on any atom is -0.356 e. The molecule has 3 atom stereocenters. The number of aryl methyl sites for hydroxylation is 1. The molecule has 0 aromatic carbocycles. The molecule has 1 aromatic rings. The van der Waals surface area contributed by atoms with E-state index in [9.17, 15) is 10.1 Å². The van der Waals surface area contributed by atoms with E-state index in [1.807, 2.05) is 6.92 Å². The molecule has 2 fully saturated rings. The molecule has 0 spiro atoms. The second-order valence-electron chi connectivity index (χ2n) is 6.09. The first-order chi connectivity index (χ1) is 9.54. The lowest BCUT2D eigenvalue weighted by Crippen LogP contribution is -2.32. The number of hydrogen-bond acceptors (Lipinski definition) is 5. The first-order valence-electron chi connectivity index (χ1n) is 7.16. The average molecular weight is 276 g/mol. The molecule has 1 aliphatic carbocycles. The molecular formula is C14H20N4O2. The molecule has 6 heteroatoms. The highest BCUT2D eigenvalue weighted by Gasteiger charge is 2.37. The van der Waals surface area contributed by atoms with Crippen molar-refractivity contribution >= 4 is 11.5 Å². The molecule has 2 aliphatic rings. The van der Waals surface area contributed by atoms with Gasteiger partial charge in [0, 0.05) is 25.2 Å². The van der Waals surface area contributed by atoms with Crippen LogP contribution in [0.1, 0.15) is 24.8 Å². The van der Waals surface area contributed by atoms with E-state index in [1.54, 1.807) is 6.07 Å². The summed E-state index contributed by atoms with van der Waals surface area (Å²) < 4.78 is 0. The molecule has 1 aromatic heterocycles. The van der Waals surface area contributed by atoms with E-state index in [-0.39, 0.29) is 5.69 Å². The topological polar surface area (TPSA) is 85.3 Å². The fourth-order valence-corrected chi connectivity index (χ4v) is 3.62. The molecule has 2 N–H and O–H groups in total. The van der Waals surface area contributed by atoms with Gasteiger partial charge in [0.15, 0.2) is 0 Å². The molecule has 1 saturated heterocycles. The van der Waals surface area contributed by atoms with Crippen LogP contribution in [0.4, 0.5) is 11.5 Å². The Hall–Kier alpha value is -1.69. The third-order valence-corrected chi connectivity index (χ3v) is 4.64. The highest BCUT2D eigenvalue weighted by atomic mass is 16.6.